The average Bonchev–Trinajstić information content (AvgIpc) is 2.97. The van der Waals surface area contributed by atoms with Gasteiger partial charge in [0.1, 0.15) is 12.4 Å². The molecule has 1 aliphatic heterocycles. The molecule has 6 nitrogen and oxygen atoms in total. The van der Waals surface area contributed by atoms with E-state index in [1.54, 1.807) is 7.05 Å². The Morgan fingerprint density at radius 1 is 1.47 bits per heavy atom. The van der Waals surface area contributed by atoms with E-state index in [0.717, 1.165) is 20.6 Å². The van der Waals surface area contributed by atoms with Gasteiger partial charge in [-0.25, -0.2) is 4.98 Å². The molecule has 19 heavy (non-hydrogen) atoms. The maximum atomic E-state index is 11.8. The molecule has 3 N–H and O–H groups in total. The summed E-state index contributed by atoms with van der Waals surface area (Å²) >= 11 is 4.97. The van der Waals surface area contributed by atoms with Gasteiger partial charge in [-0.05, 0) is 46.9 Å². The van der Waals surface area contributed by atoms with Gasteiger partial charge in [0.05, 0.1) is 0 Å². The third-order valence-electron chi connectivity index (χ3n) is 2.82. The lowest BCUT2D eigenvalue weighted by molar-refractivity contribution is -0.117. The Kier molecular flexibility index (Phi) is 3.29. The van der Waals surface area contributed by atoms with Crippen molar-refractivity contribution in [1.82, 2.24) is 20.5 Å². The van der Waals surface area contributed by atoms with Gasteiger partial charge in [0.15, 0.2) is 5.16 Å². The number of benzene rings is 1. The molecular weight excluding hydrogens is 330 g/mol. The van der Waals surface area contributed by atoms with E-state index in [4.69, 9.17) is 0 Å². The van der Waals surface area contributed by atoms with Crippen molar-refractivity contribution in [1.29, 1.82) is 0 Å². The minimum atomic E-state index is -0.296. The molecule has 0 saturated carbocycles. The van der Waals surface area contributed by atoms with Crippen LogP contribution >= 0.6 is 27.7 Å². The molecule has 1 aromatic heterocycles. The summed E-state index contributed by atoms with van der Waals surface area (Å²) in [5.74, 6) is -0.0359. The number of carbonyl (C=O) groups is 1. The van der Waals surface area contributed by atoms with Crippen LogP contribution in [0.15, 0.2) is 33.0 Å². The molecule has 98 valence electrons. The van der Waals surface area contributed by atoms with E-state index in [1.807, 2.05) is 12.1 Å². The van der Waals surface area contributed by atoms with Crippen molar-refractivity contribution in [2.75, 3.05) is 12.4 Å². The van der Waals surface area contributed by atoms with Gasteiger partial charge in [-0.1, -0.05) is 0 Å². The number of fused-ring (bicyclic) bond motifs is 1. The maximum absolute atomic E-state index is 11.8. The lowest BCUT2D eigenvalue weighted by atomic mass is 10.1. The molecule has 3 rings (SSSR count). The first-order valence-corrected chi connectivity index (χ1v) is 7.15. The van der Waals surface area contributed by atoms with Gasteiger partial charge in [-0.3, -0.25) is 9.89 Å². The predicted molar refractivity (Wildman–Crippen MR) is 75.1 cm³/mol. The highest BCUT2D eigenvalue weighted by Gasteiger charge is 2.30. The van der Waals surface area contributed by atoms with Gasteiger partial charge in [0, 0.05) is 20.6 Å². The summed E-state index contributed by atoms with van der Waals surface area (Å²) in [5, 5.41) is 13.2. The summed E-state index contributed by atoms with van der Waals surface area (Å²) in [7, 11) is 1.77. The number of hydrogen-bond acceptors (Lipinski definition) is 5. The zero-order chi connectivity index (χ0) is 13.4. The smallest absolute Gasteiger partial charge is 0.246 e. The zero-order valence-electron chi connectivity index (χ0n) is 9.90. The van der Waals surface area contributed by atoms with Gasteiger partial charge in [0.25, 0.3) is 0 Å². The molecule has 0 fully saturated rings. The molecule has 1 aromatic carbocycles. The number of aromatic amines is 1. The number of rotatable bonds is 3. The van der Waals surface area contributed by atoms with Gasteiger partial charge in [-0.15, -0.1) is 0 Å². The van der Waals surface area contributed by atoms with E-state index in [9.17, 15) is 4.79 Å². The highest BCUT2D eigenvalue weighted by Crippen LogP contribution is 2.40. The molecule has 1 atom stereocenters. The Hall–Kier alpha value is -1.38. The number of aromatic nitrogens is 3. The van der Waals surface area contributed by atoms with Crippen LogP contribution in [0.5, 0.6) is 0 Å². The van der Waals surface area contributed by atoms with E-state index >= 15 is 0 Å². The third-order valence-corrected chi connectivity index (χ3v) is 4.69. The number of halogens is 1. The van der Waals surface area contributed by atoms with Crippen molar-refractivity contribution < 1.29 is 4.79 Å². The summed E-state index contributed by atoms with van der Waals surface area (Å²) in [5.41, 5.74) is 1.77. The molecule has 0 spiro atoms. The minimum absolute atomic E-state index is 0.0359. The molecule has 0 aliphatic carbocycles. The van der Waals surface area contributed by atoms with Crippen molar-refractivity contribution in [3.8, 4) is 0 Å². The zero-order valence-corrected chi connectivity index (χ0v) is 12.3. The lowest BCUT2D eigenvalue weighted by Gasteiger charge is -2.09. The van der Waals surface area contributed by atoms with Crippen molar-refractivity contribution >= 4 is 39.3 Å². The molecule has 2 heterocycles. The van der Waals surface area contributed by atoms with Crippen LogP contribution in [0.2, 0.25) is 0 Å². The quantitative estimate of drug-likeness (QED) is 0.795. The summed E-state index contributed by atoms with van der Waals surface area (Å²) in [6.45, 7) is 0. The van der Waals surface area contributed by atoms with Crippen LogP contribution in [-0.4, -0.2) is 28.1 Å². The summed E-state index contributed by atoms with van der Waals surface area (Å²) < 4.78 is 0.921. The van der Waals surface area contributed by atoms with Crippen LogP contribution in [0.25, 0.3) is 0 Å². The highest BCUT2D eigenvalue weighted by atomic mass is 79.9. The minimum Gasteiger partial charge on any atom is -0.324 e. The molecule has 1 unspecified atom stereocenters. The molecular formula is C11H10BrN5OS. The number of anilines is 1. The first kappa shape index (κ1) is 12.6. The fraction of sp³-hybridized carbons (Fsp3) is 0.182. The fourth-order valence-electron chi connectivity index (χ4n) is 1.97. The summed E-state index contributed by atoms with van der Waals surface area (Å²) in [6.07, 6.45) is 1.46. The molecule has 0 bridgehead atoms. The molecule has 1 amide bonds. The lowest BCUT2D eigenvalue weighted by Crippen LogP contribution is -2.23. The van der Waals surface area contributed by atoms with Crippen LogP contribution in [0.4, 0.5) is 5.69 Å². The van der Waals surface area contributed by atoms with E-state index in [1.165, 1.54) is 18.1 Å². The van der Waals surface area contributed by atoms with Crippen LogP contribution in [0.1, 0.15) is 11.6 Å². The van der Waals surface area contributed by atoms with E-state index in [0.29, 0.717) is 5.16 Å². The third kappa shape index (κ3) is 2.26. The first-order chi connectivity index (χ1) is 9.19. The average molecular weight is 340 g/mol. The van der Waals surface area contributed by atoms with Crippen molar-refractivity contribution in [2.24, 2.45) is 0 Å². The Balaban J connectivity index is 1.97. The second-order valence-electron chi connectivity index (χ2n) is 3.97. The summed E-state index contributed by atoms with van der Waals surface area (Å²) in [4.78, 5) is 16.8. The normalized spacial score (nSPS) is 17.4. The number of H-pyrrole nitrogens is 1. The topological polar surface area (TPSA) is 82.7 Å². The molecule has 2 aromatic rings. The highest BCUT2D eigenvalue weighted by molar-refractivity contribution is 9.10. The second kappa shape index (κ2) is 4.95. The van der Waals surface area contributed by atoms with Gasteiger partial charge >= 0.3 is 0 Å². The Bertz CT molecular complexity index is 630. The van der Waals surface area contributed by atoms with Crippen LogP contribution in [-0.2, 0) is 4.79 Å². The van der Waals surface area contributed by atoms with E-state index in [-0.39, 0.29) is 11.9 Å². The van der Waals surface area contributed by atoms with Crippen LogP contribution in [0.3, 0.4) is 0 Å². The number of hydrogen-bond donors (Lipinski definition) is 3. The number of likely N-dealkylation sites (N-methyl/N-ethyl adjacent to an activating group) is 1. The fourth-order valence-corrected chi connectivity index (χ4v) is 3.32. The van der Waals surface area contributed by atoms with Crippen molar-refractivity contribution in [3.63, 3.8) is 0 Å². The SMILES string of the molecule is CNC1C(=O)Nc2cc(Sc3ncn[nH]3)c(Br)cc21. The molecule has 0 radical (unpaired) electrons. The number of amides is 1. The van der Waals surface area contributed by atoms with Gasteiger partial charge in [-0.2, -0.15) is 5.10 Å². The predicted octanol–water partition coefficient (Wildman–Crippen LogP) is 1.93. The van der Waals surface area contributed by atoms with E-state index in [2.05, 4.69) is 41.7 Å². The Labute approximate surface area is 121 Å². The maximum Gasteiger partial charge on any atom is 0.246 e. The Morgan fingerprint density at radius 2 is 2.32 bits per heavy atom. The number of carbonyl (C=O) groups excluding carboxylic acids is 1. The van der Waals surface area contributed by atoms with E-state index < -0.39 is 0 Å². The van der Waals surface area contributed by atoms with Crippen molar-refractivity contribution in [3.05, 3.63) is 28.5 Å². The number of nitrogens with zero attached hydrogens (tertiary/aromatic N) is 2. The summed E-state index contributed by atoms with van der Waals surface area (Å²) in [6, 6.07) is 3.59. The molecule has 1 aliphatic rings. The second-order valence-corrected chi connectivity index (χ2v) is 5.86. The number of nitrogens with one attached hydrogen (secondary N) is 3. The molecule has 0 saturated heterocycles. The van der Waals surface area contributed by atoms with Crippen LogP contribution < -0.4 is 10.6 Å². The Morgan fingerprint density at radius 3 is 3.00 bits per heavy atom. The first-order valence-electron chi connectivity index (χ1n) is 5.54. The van der Waals surface area contributed by atoms with Gasteiger partial charge < -0.3 is 10.6 Å². The van der Waals surface area contributed by atoms with Crippen LogP contribution in [0, 0.1) is 0 Å². The standard InChI is InChI=1S/C11H10BrN5OS/c1-13-9-5-2-6(12)8(3-7(5)16-10(9)18)19-11-14-4-15-17-11/h2-4,9,13H,1H3,(H,16,18)(H,14,15,17). The largest absolute Gasteiger partial charge is 0.324 e. The van der Waals surface area contributed by atoms with Gasteiger partial charge in [0.2, 0.25) is 5.91 Å². The monoisotopic (exact) mass is 339 g/mol. The van der Waals surface area contributed by atoms with Crippen molar-refractivity contribution in [2.45, 2.75) is 16.1 Å². The molecule has 8 heteroatoms.